The lowest BCUT2D eigenvalue weighted by atomic mass is 10.0. The molecule has 9 heteroatoms. The summed E-state index contributed by atoms with van der Waals surface area (Å²) in [6, 6.07) is 19.7. The van der Waals surface area contributed by atoms with Crippen molar-refractivity contribution in [3.05, 3.63) is 108 Å². The van der Waals surface area contributed by atoms with Crippen LogP contribution in [0.3, 0.4) is 0 Å². The van der Waals surface area contributed by atoms with Crippen molar-refractivity contribution < 1.29 is 9.53 Å². The predicted octanol–water partition coefficient (Wildman–Crippen LogP) is 4.40. The number of rotatable bonds is 8. The van der Waals surface area contributed by atoms with E-state index in [-0.39, 0.29) is 24.6 Å². The van der Waals surface area contributed by atoms with Gasteiger partial charge in [0.25, 0.3) is 0 Å². The molecule has 0 bridgehead atoms. The lowest BCUT2D eigenvalue weighted by molar-refractivity contribution is -0.119. The smallest absolute Gasteiger partial charge is 0.250 e. The van der Waals surface area contributed by atoms with Gasteiger partial charge in [0.15, 0.2) is 5.11 Å². The number of ether oxygens (including phenoxy) is 1. The molecule has 37 heavy (non-hydrogen) atoms. The molecule has 2 N–H and O–H groups in total. The number of aryl methyl sites for hydroxylation is 1. The highest BCUT2D eigenvalue weighted by Gasteiger charge is 2.42. The Morgan fingerprint density at radius 1 is 1.14 bits per heavy atom. The Hall–Kier alpha value is -4.08. The Morgan fingerprint density at radius 2 is 2.03 bits per heavy atom. The minimum absolute atomic E-state index is 0.00305. The van der Waals surface area contributed by atoms with Crippen molar-refractivity contribution in [3.63, 3.8) is 0 Å². The molecule has 5 rings (SSSR count). The van der Waals surface area contributed by atoms with Crippen molar-refractivity contribution in [1.82, 2.24) is 19.9 Å². The minimum Gasteiger partial charge on any atom is -0.375 e. The van der Waals surface area contributed by atoms with E-state index in [1.54, 1.807) is 12.4 Å². The van der Waals surface area contributed by atoms with Crippen LogP contribution in [-0.4, -0.2) is 39.3 Å². The van der Waals surface area contributed by atoms with Gasteiger partial charge in [0.2, 0.25) is 5.91 Å². The van der Waals surface area contributed by atoms with E-state index >= 15 is 0 Å². The molecule has 0 aliphatic carbocycles. The average molecular weight is 513 g/mol. The minimum atomic E-state index is -0.196. The van der Waals surface area contributed by atoms with Gasteiger partial charge in [-0.2, -0.15) is 0 Å². The van der Waals surface area contributed by atoms with Crippen molar-refractivity contribution in [2.75, 3.05) is 23.9 Å². The normalized spacial score (nSPS) is 17.0. The van der Waals surface area contributed by atoms with Crippen LogP contribution in [-0.2, 0) is 16.1 Å². The van der Waals surface area contributed by atoms with E-state index in [0.717, 1.165) is 33.9 Å². The second-order valence-electron chi connectivity index (χ2n) is 8.90. The van der Waals surface area contributed by atoms with Gasteiger partial charge in [-0.05, 0) is 78.8 Å². The largest absolute Gasteiger partial charge is 0.375 e. The Kier molecular flexibility index (Phi) is 7.25. The van der Waals surface area contributed by atoms with E-state index in [0.29, 0.717) is 11.7 Å². The van der Waals surface area contributed by atoms with Gasteiger partial charge in [-0.25, -0.2) is 0 Å². The van der Waals surface area contributed by atoms with Crippen LogP contribution in [0.25, 0.3) is 0 Å². The molecule has 1 aromatic carbocycles. The summed E-state index contributed by atoms with van der Waals surface area (Å²) in [6.45, 7) is 2.66. The molecule has 1 aliphatic heterocycles. The van der Waals surface area contributed by atoms with E-state index in [9.17, 15) is 4.79 Å². The van der Waals surface area contributed by atoms with Crippen LogP contribution in [0.4, 0.5) is 11.4 Å². The number of nitrogens with zero attached hydrogens (tertiary/aromatic N) is 4. The van der Waals surface area contributed by atoms with Gasteiger partial charge >= 0.3 is 0 Å². The van der Waals surface area contributed by atoms with Crippen LogP contribution in [0.5, 0.6) is 0 Å². The van der Waals surface area contributed by atoms with Gasteiger partial charge in [0.05, 0.1) is 11.7 Å². The predicted molar refractivity (Wildman–Crippen MR) is 147 cm³/mol. The Balaban J connectivity index is 1.54. The van der Waals surface area contributed by atoms with Gasteiger partial charge in [-0.15, -0.1) is 0 Å². The first-order valence-corrected chi connectivity index (χ1v) is 12.4. The molecule has 1 saturated heterocycles. The second-order valence-corrected chi connectivity index (χ2v) is 9.29. The van der Waals surface area contributed by atoms with E-state index in [2.05, 4.69) is 54.5 Å². The van der Waals surface area contributed by atoms with Crippen molar-refractivity contribution in [2.24, 2.45) is 0 Å². The van der Waals surface area contributed by atoms with E-state index in [1.807, 2.05) is 55.6 Å². The summed E-state index contributed by atoms with van der Waals surface area (Å²) in [5.41, 5.74) is 5.71. The van der Waals surface area contributed by atoms with Crippen LogP contribution in [0.15, 0.2) is 85.5 Å². The third kappa shape index (κ3) is 5.23. The first kappa shape index (κ1) is 24.6. The molecule has 1 fully saturated rings. The molecule has 0 saturated carbocycles. The van der Waals surface area contributed by atoms with Crippen LogP contribution in [0.2, 0.25) is 0 Å². The van der Waals surface area contributed by atoms with Crippen LogP contribution >= 0.6 is 12.2 Å². The Labute approximate surface area is 221 Å². The molecule has 0 unspecified atom stereocenters. The molecule has 188 valence electrons. The maximum Gasteiger partial charge on any atom is 0.250 e. The number of pyridine rings is 2. The highest BCUT2D eigenvalue weighted by atomic mass is 32.1. The number of carbonyl (C=O) groups excluding carboxylic acids is 1. The van der Waals surface area contributed by atoms with E-state index in [1.165, 1.54) is 7.11 Å². The zero-order valence-electron chi connectivity index (χ0n) is 20.7. The van der Waals surface area contributed by atoms with E-state index in [4.69, 9.17) is 17.0 Å². The number of benzene rings is 1. The molecule has 1 aliphatic rings. The first-order valence-electron chi connectivity index (χ1n) is 12.0. The Morgan fingerprint density at radius 3 is 2.76 bits per heavy atom. The van der Waals surface area contributed by atoms with Crippen molar-refractivity contribution >= 4 is 34.6 Å². The Bertz CT molecular complexity index is 1390. The molecular weight excluding hydrogens is 484 g/mol. The summed E-state index contributed by atoms with van der Waals surface area (Å²) in [7, 11) is 1.50. The van der Waals surface area contributed by atoms with Crippen LogP contribution < -0.4 is 15.5 Å². The lowest BCUT2D eigenvalue weighted by Crippen LogP contribution is -2.30. The number of aromatic nitrogens is 3. The number of methoxy groups -OCH3 is 1. The van der Waals surface area contributed by atoms with Gasteiger partial charge in [0, 0.05) is 55.5 Å². The maximum atomic E-state index is 12.1. The zero-order chi connectivity index (χ0) is 25.8. The summed E-state index contributed by atoms with van der Waals surface area (Å²) in [5, 5.41) is 7.03. The van der Waals surface area contributed by atoms with Gasteiger partial charge in [-0.1, -0.05) is 12.1 Å². The van der Waals surface area contributed by atoms with Crippen LogP contribution in [0, 0.1) is 6.92 Å². The number of thiocarbonyl (C=S) groups is 1. The summed E-state index contributed by atoms with van der Waals surface area (Å²) in [6.07, 6.45) is 7.55. The summed E-state index contributed by atoms with van der Waals surface area (Å²) < 4.78 is 7.17. The van der Waals surface area contributed by atoms with Crippen LogP contribution in [0.1, 0.15) is 34.6 Å². The molecule has 8 nitrogen and oxygen atoms in total. The number of hydrogen-bond donors (Lipinski definition) is 2. The first-order chi connectivity index (χ1) is 18.0. The molecule has 1 amide bonds. The number of carbonyl (C=O) groups is 1. The fraction of sp³-hybridized carbons (Fsp3) is 0.214. The highest BCUT2D eigenvalue weighted by molar-refractivity contribution is 7.80. The average Bonchev–Trinajstić information content (AvgIpc) is 3.50. The SMILES string of the molecule is COCC(=O)Nc1ccc(N2C(=S)N[C@H](c3ccccn3)[C@@H]2c2cccn2Cc2cccnc2)cc1C. The highest BCUT2D eigenvalue weighted by Crippen LogP contribution is 2.42. The molecule has 2 atom stereocenters. The van der Waals surface area contributed by atoms with Crippen molar-refractivity contribution in [2.45, 2.75) is 25.6 Å². The third-order valence-electron chi connectivity index (χ3n) is 6.38. The molecule has 0 radical (unpaired) electrons. The topological polar surface area (TPSA) is 84.3 Å². The molecule has 4 aromatic rings. The van der Waals surface area contributed by atoms with Gasteiger partial charge < -0.3 is 24.8 Å². The third-order valence-corrected chi connectivity index (χ3v) is 6.69. The fourth-order valence-corrected chi connectivity index (χ4v) is 5.06. The summed E-state index contributed by atoms with van der Waals surface area (Å²) in [4.78, 5) is 23.1. The number of anilines is 2. The number of nitrogens with one attached hydrogen (secondary N) is 2. The monoisotopic (exact) mass is 512 g/mol. The quantitative estimate of drug-likeness (QED) is 0.339. The van der Waals surface area contributed by atoms with Crippen molar-refractivity contribution in [3.8, 4) is 0 Å². The molecule has 4 heterocycles. The molecule has 0 spiro atoms. The second kappa shape index (κ2) is 10.9. The summed E-state index contributed by atoms with van der Waals surface area (Å²) >= 11 is 5.89. The zero-order valence-corrected chi connectivity index (χ0v) is 21.5. The number of amides is 1. The fourth-order valence-electron chi connectivity index (χ4n) is 4.72. The molecular formula is C28H28N6O2S. The maximum absolute atomic E-state index is 12.1. The van der Waals surface area contributed by atoms with E-state index < -0.39 is 0 Å². The summed E-state index contributed by atoms with van der Waals surface area (Å²) in [5.74, 6) is -0.196. The standard InChI is InChI=1S/C28H28N6O2S/c1-19-15-21(10-11-22(19)31-25(35)18-36-2)34-27(26(32-28(34)37)23-8-3-4-13-30-23)24-9-6-14-33(24)17-20-7-5-12-29-16-20/h3-16,26-27H,17-18H2,1-2H3,(H,31,35)(H,32,37)/t26-,27+/m1/s1. The lowest BCUT2D eigenvalue weighted by Gasteiger charge is -2.29. The van der Waals surface area contributed by atoms with Crippen molar-refractivity contribution in [1.29, 1.82) is 0 Å². The molecule has 3 aromatic heterocycles. The van der Waals surface area contributed by atoms with Gasteiger partial charge in [-0.3, -0.25) is 14.8 Å². The van der Waals surface area contributed by atoms with Gasteiger partial charge in [0.1, 0.15) is 12.6 Å². The number of hydrogen-bond acceptors (Lipinski definition) is 5.